The molecule has 0 bridgehead atoms. The third-order valence-corrected chi connectivity index (χ3v) is 15.5. The lowest BCUT2D eigenvalue weighted by Gasteiger charge is -2.11. The molecule has 0 spiro atoms. The molecule has 12 aromatic rings. The molecule has 0 atom stereocenters. The molecule has 0 fully saturated rings. The standard InChI is InChI=1S/C25H22N2O2.C24H20N2O3.C23H21N/c1-16-9-8-14-27-21(17(2)22(23(16)27)24(28)25(26)29)15-19-12-6-7-13-20(19)18-10-4-3-5-11-18;1-15-19(14-17-10-5-6-11-18(17)16-8-3-2-4-9-16)26-13-7-12-20(27)22(26)21(15)23(28)24(25)29;1-17-9-8-14-24-22(17)15-18(2)23(24)16-20-12-6-7-13-21(20)19-10-4-3-5-11-19/h3-14H,15H2,1-2H3,(H2,26,29);2-13,27H,14H2,1H3,(H2,25,29);3-15H,16H2,1-2H3. The highest BCUT2D eigenvalue weighted by Crippen LogP contribution is 2.35. The van der Waals surface area contributed by atoms with E-state index in [1.54, 1.807) is 23.6 Å². The van der Waals surface area contributed by atoms with Crippen LogP contribution < -0.4 is 11.5 Å². The summed E-state index contributed by atoms with van der Waals surface area (Å²) in [6.07, 6.45) is 7.99. The lowest BCUT2D eigenvalue weighted by Crippen LogP contribution is -2.23. The Hall–Kier alpha value is -10.3. The third-order valence-electron chi connectivity index (χ3n) is 15.5. The number of hydrogen-bond acceptors (Lipinski definition) is 5. The molecule has 10 heteroatoms. The predicted molar refractivity (Wildman–Crippen MR) is 329 cm³/mol. The maximum atomic E-state index is 12.6. The summed E-state index contributed by atoms with van der Waals surface area (Å²) in [6.45, 7) is 10.0. The first-order chi connectivity index (χ1) is 39.7. The summed E-state index contributed by atoms with van der Waals surface area (Å²) in [7, 11) is 0. The normalized spacial score (nSPS) is 11.0. The average molecular weight is 1080 g/mol. The number of Topliss-reactive ketones (excluding diaryl/α,β-unsaturated/α-hetero) is 2. The molecular formula is C72H63N5O5. The highest BCUT2D eigenvalue weighted by atomic mass is 16.3. The predicted octanol–water partition coefficient (Wildman–Crippen LogP) is 14.2. The Balaban J connectivity index is 0.000000138. The fraction of sp³-hybridized carbons (Fsp3) is 0.111. The molecule has 0 saturated carbocycles. The van der Waals surface area contributed by atoms with Crippen molar-refractivity contribution in [2.24, 2.45) is 11.5 Å². The zero-order valence-corrected chi connectivity index (χ0v) is 46.6. The van der Waals surface area contributed by atoms with Gasteiger partial charge in [0.15, 0.2) is 0 Å². The van der Waals surface area contributed by atoms with Crippen molar-refractivity contribution in [1.29, 1.82) is 0 Å². The second-order valence-electron chi connectivity index (χ2n) is 20.6. The molecule has 0 aliphatic carbocycles. The molecule has 0 unspecified atom stereocenters. The van der Waals surface area contributed by atoms with E-state index in [2.05, 4.69) is 140 Å². The van der Waals surface area contributed by atoms with Crippen molar-refractivity contribution in [3.8, 4) is 39.1 Å². The first kappa shape index (κ1) is 55.0. The lowest BCUT2D eigenvalue weighted by molar-refractivity contribution is -0.114. The molecule has 0 aliphatic heterocycles. The fourth-order valence-corrected chi connectivity index (χ4v) is 11.4. The Kier molecular flexibility index (Phi) is 16.1. The van der Waals surface area contributed by atoms with E-state index in [4.69, 9.17) is 11.5 Å². The minimum atomic E-state index is -1.04. The van der Waals surface area contributed by atoms with Crippen molar-refractivity contribution in [3.63, 3.8) is 0 Å². The zero-order valence-electron chi connectivity index (χ0n) is 46.6. The van der Waals surface area contributed by atoms with Crippen LogP contribution in [0.2, 0.25) is 0 Å². The number of carbonyl (C=O) groups excluding carboxylic acids is 4. The number of nitrogens with two attached hydrogens (primary N) is 2. The van der Waals surface area contributed by atoms with Crippen LogP contribution in [0.4, 0.5) is 0 Å². The summed E-state index contributed by atoms with van der Waals surface area (Å²) < 4.78 is 6.12. The molecule has 0 aliphatic rings. The van der Waals surface area contributed by atoms with Gasteiger partial charge in [-0.1, -0.05) is 176 Å². The molecule has 6 aromatic carbocycles. The van der Waals surface area contributed by atoms with Crippen LogP contribution in [-0.2, 0) is 28.9 Å². The van der Waals surface area contributed by atoms with Crippen LogP contribution in [0.1, 0.15) is 82.3 Å². The second kappa shape index (κ2) is 24.0. The van der Waals surface area contributed by atoms with Gasteiger partial charge in [0.1, 0.15) is 5.75 Å². The van der Waals surface area contributed by atoms with Gasteiger partial charge >= 0.3 is 0 Å². The van der Waals surface area contributed by atoms with Crippen LogP contribution in [0.25, 0.3) is 49.9 Å². The highest BCUT2D eigenvalue weighted by Gasteiger charge is 2.28. The molecule has 6 heterocycles. The van der Waals surface area contributed by atoms with Crippen molar-refractivity contribution in [2.75, 3.05) is 0 Å². The number of aromatic nitrogens is 3. The SMILES string of the molecule is Cc1c(C(=O)C(N)=O)c2c(C)cccn2c1Cc1ccccc1-c1ccccc1.Cc1c(C(=O)C(N)=O)c2c(O)cccn2c1Cc1ccccc1-c1ccccc1.Cc1cc2c(C)cccn2c1Cc1ccccc1-c1ccccc1. The Bertz CT molecular complexity index is 4160. The Labute approximate surface area is 477 Å². The van der Waals surface area contributed by atoms with Crippen molar-refractivity contribution in [2.45, 2.75) is 53.9 Å². The van der Waals surface area contributed by atoms with Crippen LogP contribution in [0.3, 0.4) is 0 Å². The van der Waals surface area contributed by atoms with Crippen LogP contribution in [0.15, 0.2) is 225 Å². The summed E-state index contributed by atoms with van der Waals surface area (Å²) in [5, 5.41) is 10.4. The number of fused-ring (bicyclic) bond motifs is 3. The molecule has 2 amide bonds. The summed E-state index contributed by atoms with van der Waals surface area (Å²) >= 11 is 0. The van der Waals surface area contributed by atoms with E-state index in [0.717, 1.165) is 67.8 Å². The highest BCUT2D eigenvalue weighted by molar-refractivity contribution is 6.45. The largest absolute Gasteiger partial charge is 0.506 e. The van der Waals surface area contributed by atoms with Gasteiger partial charge in [-0.25, -0.2) is 0 Å². The fourth-order valence-electron chi connectivity index (χ4n) is 11.4. The first-order valence-electron chi connectivity index (χ1n) is 27.3. The number of nitrogens with zero attached hydrogens (tertiary/aromatic N) is 3. The Morgan fingerprint density at radius 2 is 0.732 bits per heavy atom. The number of aromatic hydroxyl groups is 1. The lowest BCUT2D eigenvalue weighted by atomic mass is 9.95. The van der Waals surface area contributed by atoms with Crippen LogP contribution in [0.5, 0.6) is 5.75 Å². The molecule has 82 heavy (non-hydrogen) atoms. The van der Waals surface area contributed by atoms with Crippen molar-refractivity contribution < 1.29 is 24.3 Å². The average Bonchev–Trinajstić information content (AvgIpc) is 4.24. The molecule has 406 valence electrons. The van der Waals surface area contributed by atoms with Gasteiger partial charge in [-0.15, -0.1) is 0 Å². The Morgan fingerprint density at radius 3 is 1.17 bits per heavy atom. The number of aryl methyl sites for hydroxylation is 3. The smallest absolute Gasteiger partial charge is 0.289 e. The van der Waals surface area contributed by atoms with E-state index in [1.165, 1.54) is 45.1 Å². The van der Waals surface area contributed by atoms with Gasteiger partial charge in [-0.05, 0) is 143 Å². The van der Waals surface area contributed by atoms with E-state index in [9.17, 15) is 24.3 Å². The van der Waals surface area contributed by atoms with Crippen molar-refractivity contribution >= 4 is 39.9 Å². The molecule has 12 rings (SSSR count). The van der Waals surface area contributed by atoms with Crippen LogP contribution >= 0.6 is 0 Å². The van der Waals surface area contributed by atoms with E-state index in [-0.39, 0.29) is 11.3 Å². The number of benzene rings is 6. The van der Waals surface area contributed by atoms with Gasteiger partial charge in [-0.2, -0.15) is 0 Å². The van der Waals surface area contributed by atoms with Gasteiger partial charge in [-0.3, -0.25) is 19.2 Å². The van der Waals surface area contributed by atoms with Crippen molar-refractivity contribution in [3.05, 3.63) is 298 Å². The summed E-state index contributed by atoms with van der Waals surface area (Å²) in [6, 6.07) is 69.7. The maximum absolute atomic E-state index is 12.6. The topological polar surface area (TPSA) is 154 Å². The van der Waals surface area contributed by atoms with E-state index >= 15 is 0 Å². The number of rotatable bonds is 13. The third kappa shape index (κ3) is 11.0. The zero-order chi connectivity index (χ0) is 57.6. The number of pyridine rings is 3. The van der Waals surface area contributed by atoms with Crippen molar-refractivity contribution in [1.82, 2.24) is 13.2 Å². The number of carbonyl (C=O) groups is 4. The Morgan fingerprint density at radius 1 is 0.378 bits per heavy atom. The molecular weight excluding hydrogens is 1010 g/mol. The minimum Gasteiger partial charge on any atom is -0.506 e. The van der Waals surface area contributed by atoms with Gasteiger partial charge in [0, 0.05) is 60.5 Å². The quantitative estimate of drug-likeness (QED) is 0.0775. The van der Waals surface area contributed by atoms with Gasteiger partial charge in [0.25, 0.3) is 23.4 Å². The molecule has 0 radical (unpaired) electrons. The van der Waals surface area contributed by atoms with Gasteiger partial charge < -0.3 is 29.8 Å². The van der Waals surface area contributed by atoms with Gasteiger partial charge in [0.05, 0.1) is 22.2 Å². The van der Waals surface area contributed by atoms with Gasteiger partial charge in [0.2, 0.25) is 0 Å². The molecule has 5 N–H and O–H groups in total. The summed E-state index contributed by atoms with van der Waals surface area (Å²) in [5.41, 5.74) is 32.4. The van der Waals surface area contributed by atoms with Crippen LogP contribution in [0, 0.1) is 34.6 Å². The number of primary amides is 2. The monoisotopic (exact) mass is 1080 g/mol. The first-order valence-corrected chi connectivity index (χ1v) is 27.3. The minimum absolute atomic E-state index is 0.0669. The van der Waals surface area contributed by atoms with E-state index < -0.39 is 23.4 Å². The maximum Gasteiger partial charge on any atom is 0.289 e. The molecule has 0 saturated heterocycles. The van der Waals surface area contributed by atoms with E-state index in [1.807, 2.05) is 103 Å². The molecule has 6 aromatic heterocycles. The van der Waals surface area contributed by atoms with E-state index in [0.29, 0.717) is 29.5 Å². The van der Waals surface area contributed by atoms with Crippen LogP contribution in [-0.4, -0.2) is 41.7 Å². The number of amides is 2. The summed E-state index contributed by atoms with van der Waals surface area (Å²) in [5.74, 6) is -3.48. The molecule has 10 nitrogen and oxygen atoms in total. The number of ketones is 2. The second-order valence-corrected chi connectivity index (χ2v) is 20.6. The summed E-state index contributed by atoms with van der Waals surface area (Å²) in [4.78, 5) is 48.4. The number of hydrogen-bond donors (Lipinski definition) is 3.